The molecule has 132 valence electrons. The highest BCUT2D eigenvalue weighted by molar-refractivity contribution is 6.01. The fourth-order valence-corrected chi connectivity index (χ4v) is 3.41. The summed E-state index contributed by atoms with van der Waals surface area (Å²) in [6, 6.07) is 17.9. The molecule has 0 saturated heterocycles. The Morgan fingerprint density at radius 2 is 1.85 bits per heavy atom. The highest BCUT2D eigenvalue weighted by Gasteiger charge is 2.32. The van der Waals surface area contributed by atoms with Crippen molar-refractivity contribution in [1.29, 1.82) is 0 Å². The van der Waals surface area contributed by atoms with Crippen LogP contribution in [0.25, 0.3) is 0 Å². The van der Waals surface area contributed by atoms with Crippen LogP contribution < -0.4 is 5.32 Å². The van der Waals surface area contributed by atoms with Gasteiger partial charge in [-0.25, -0.2) is 0 Å². The average molecular weight is 346 g/mol. The fourth-order valence-electron chi connectivity index (χ4n) is 3.41. The summed E-state index contributed by atoms with van der Waals surface area (Å²) in [5, 5.41) is 8.01. The second-order valence-electron chi connectivity index (χ2n) is 6.55. The number of anilines is 1. The Morgan fingerprint density at radius 1 is 1.08 bits per heavy atom. The van der Waals surface area contributed by atoms with Crippen LogP contribution in [0.4, 0.5) is 5.69 Å². The van der Waals surface area contributed by atoms with Gasteiger partial charge in [0.05, 0.1) is 18.3 Å². The molecule has 1 aliphatic heterocycles. The largest absolute Gasteiger partial charge is 0.361 e. The molecule has 2 heterocycles. The predicted octanol–water partition coefficient (Wildman–Crippen LogP) is 3.91. The number of carbonyl (C=O) groups is 1. The van der Waals surface area contributed by atoms with Gasteiger partial charge in [0, 0.05) is 24.0 Å². The zero-order valence-corrected chi connectivity index (χ0v) is 14.8. The Kier molecular flexibility index (Phi) is 4.44. The van der Waals surface area contributed by atoms with Gasteiger partial charge in [-0.15, -0.1) is 0 Å². The molecule has 0 aliphatic carbocycles. The lowest BCUT2D eigenvalue weighted by molar-refractivity contribution is 0.0683. The number of amides is 1. The van der Waals surface area contributed by atoms with E-state index in [1.54, 1.807) is 0 Å². The number of nitrogens with zero attached hydrogens (tertiary/aromatic N) is 3. The Labute approximate surface area is 153 Å². The van der Waals surface area contributed by atoms with Crippen LogP contribution in [0.1, 0.15) is 41.0 Å². The minimum Gasteiger partial charge on any atom is -0.361 e. The van der Waals surface area contributed by atoms with Crippen molar-refractivity contribution in [2.24, 2.45) is 0 Å². The number of benzene rings is 2. The summed E-state index contributed by atoms with van der Waals surface area (Å²) in [6.07, 6.45) is 4.59. The molecule has 0 unspecified atom stereocenters. The van der Waals surface area contributed by atoms with Crippen molar-refractivity contribution in [3.63, 3.8) is 0 Å². The van der Waals surface area contributed by atoms with E-state index < -0.39 is 0 Å². The van der Waals surface area contributed by atoms with Crippen molar-refractivity contribution < 1.29 is 4.79 Å². The van der Waals surface area contributed by atoms with Crippen LogP contribution >= 0.6 is 0 Å². The third kappa shape index (κ3) is 3.08. The number of fused-ring (bicyclic) bond motifs is 1. The molecule has 0 saturated carbocycles. The summed E-state index contributed by atoms with van der Waals surface area (Å²) < 4.78 is 1.92. The number of aromatic nitrogens is 2. The van der Waals surface area contributed by atoms with Crippen LogP contribution in [0.15, 0.2) is 67.0 Å². The second-order valence-corrected chi connectivity index (χ2v) is 6.55. The van der Waals surface area contributed by atoms with E-state index in [4.69, 9.17) is 0 Å². The van der Waals surface area contributed by atoms with Crippen LogP contribution in [-0.2, 0) is 6.54 Å². The van der Waals surface area contributed by atoms with Gasteiger partial charge in [-0.05, 0) is 24.1 Å². The SMILES string of the molecule is CCCN1C(=O)c2ccccc2N[C@@H]1c1cnn(Cc2ccccc2)c1. The van der Waals surface area contributed by atoms with E-state index in [9.17, 15) is 4.79 Å². The van der Waals surface area contributed by atoms with Gasteiger partial charge in [0.15, 0.2) is 0 Å². The molecule has 2 aromatic carbocycles. The normalized spacial score (nSPS) is 16.3. The highest BCUT2D eigenvalue weighted by atomic mass is 16.2. The Hall–Kier alpha value is -3.08. The van der Waals surface area contributed by atoms with Crippen LogP contribution in [0.2, 0.25) is 0 Å². The number of rotatable bonds is 5. The molecule has 4 rings (SSSR count). The first-order chi connectivity index (χ1) is 12.8. The van der Waals surface area contributed by atoms with Gasteiger partial charge in [-0.2, -0.15) is 5.10 Å². The summed E-state index contributed by atoms with van der Waals surface area (Å²) in [7, 11) is 0. The third-order valence-electron chi connectivity index (χ3n) is 4.64. The summed E-state index contributed by atoms with van der Waals surface area (Å²) in [5.74, 6) is 0.0713. The minimum absolute atomic E-state index is 0.0713. The van der Waals surface area contributed by atoms with Crippen LogP contribution in [0, 0.1) is 0 Å². The van der Waals surface area contributed by atoms with E-state index in [2.05, 4.69) is 29.5 Å². The molecule has 0 fully saturated rings. The van der Waals surface area contributed by atoms with E-state index in [-0.39, 0.29) is 12.1 Å². The van der Waals surface area contributed by atoms with E-state index in [0.29, 0.717) is 13.1 Å². The molecule has 0 bridgehead atoms. The number of nitrogens with one attached hydrogen (secondary N) is 1. The number of carbonyl (C=O) groups excluding carboxylic acids is 1. The Morgan fingerprint density at radius 3 is 2.65 bits per heavy atom. The Bertz CT molecular complexity index is 903. The van der Waals surface area contributed by atoms with E-state index in [0.717, 1.165) is 23.2 Å². The zero-order chi connectivity index (χ0) is 17.9. The quantitative estimate of drug-likeness (QED) is 0.762. The van der Waals surface area contributed by atoms with Crippen LogP contribution in [0.3, 0.4) is 0 Å². The van der Waals surface area contributed by atoms with Crippen molar-refractivity contribution in [2.45, 2.75) is 26.1 Å². The van der Waals surface area contributed by atoms with Gasteiger partial charge >= 0.3 is 0 Å². The van der Waals surface area contributed by atoms with Gasteiger partial charge in [0.25, 0.3) is 5.91 Å². The first-order valence-electron chi connectivity index (χ1n) is 8.99. The first kappa shape index (κ1) is 16.4. The standard InChI is InChI=1S/C21H22N4O/c1-2-12-25-20(23-19-11-7-6-10-18(19)21(25)26)17-13-22-24(15-17)14-16-8-4-3-5-9-16/h3-11,13,15,20,23H,2,12,14H2,1H3/t20-/m0/s1. The molecule has 5 heteroatoms. The summed E-state index contributed by atoms with van der Waals surface area (Å²) in [6.45, 7) is 3.50. The Balaban J connectivity index is 1.62. The van der Waals surface area contributed by atoms with Gasteiger partial charge in [-0.1, -0.05) is 49.4 Å². The molecule has 1 N–H and O–H groups in total. The van der Waals surface area contributed by atoms with Gasteiger partial charge in [-0.3, -0.25) is 9.48 Å². The maximum atomic E-state index is 12.9. The molecule has 1 amide bonds. The van der Waals surface area contributed by atoms with E-state index in [1.165, 1.54) is 5.56 Å². The van der Waals surface area contributed by atoms with Crippen molar-refractivity contribution in [2.75, 3.05) is 11.9 Å². The van der Waals surface area contributed by atoms with Gasteiger partial charge < -0.3 is 10.2 Å². The van der Waals surface area contributed by atoms with Crippen molar-refractivity contribution in [3.05, 3.63) is 83.7 Å². The maximum Gasteiger partial charge on any atom is 0.257 e. The van der Waals surface area contributed by atoms with E-state index in [1.807, 2.05) is 64.4 Å². The van der Waals surface area contributed by atoms with Gasteiger partial charge in [0.1, 0.15) is 6.17 Å². The maximum absolute atomic E-state index is 12.9. The zero-order valence-electron chi connectivity index (χ0n) is 14.8. The lowest BCUT2D eigenvalue weighted by Gasteiger charge is -2.37. The second kappa shape index (κ2) is 7.04. The molecular weight excluding hydrogens is 324 g/mol. The first-order valence-corrected chi connectivity index (χ1v) is 8.99. The van der Waals surface area contributed by atoms with Gasteiger partial charge in [0.2, 0.25) is 0 Å². The highest BCUT2D eigenvalue weighted by Crippen LogP contribution is 2.32. The minimum atomic E-state index is -0.193. The van der Waals surface area contributed by atoms with Crippen LogP contribution in [0.5, 0.6) is 0 Å². The van der Waals surface area contributed by atoms with E-state index >= 15 is 0 Å². The lowest BCUT2D eigenvalue weighted by atomic mass is 10.1. The molecule has 26 heavy (non-hydrogen) atoms. The molecule has 1 atom stereocenters. The number of para-hydroxylation sites is 1. The smallest absolute Gasteiger partial charge is 0.257 e. The molecule has 3 aromatic rings. The summed E-state index contributed by atoms with van der Waals surface area (Å²) in [4.78, 5) is 14.8. The molecule has 0 spiro atoms. The average Bonchev–Trinajstić information content (AvgIpc) is 3.13. The summed E-state index contributed by atoms with van der Waals surface area (Å²) >= 11 is 0. The lowest BCUT2D eigenvalue weighted by Crippen LogP contribution is -2.43. The van der Waals surface area contributed by atoms with Crippen molar-refractivity contribution >= 4 is 11.6 Å². The molecule has 5 nitrogen and oxygen atoms in total. The summed E-state index contributed by atoms with van der Waals surface area (Å²) in [5.41, 5.74) is 3.81. The number of hydrogen-bond donors (Lipinski definition) is 1. The molecule has 0 radical (unpaired) electrons. The van der Waals surface area contributed by atoms with Crippen LogP contribution in [-0.4, -0.2) is 27.1 Å². The van der Waals surface area contributed by atoms with Crippen molar-refractivity contribution in [1.82, 2.24) is 14.7 Å². The molecule has 1 aromatic heterocycles. The number of hydrogen-bond acceptors (Lipinski definition) is 3. The monoisotopic (exact) mass is 346 g/mol. The molecule has 1 aliphatic rings. The topological polar surface area (TPSA) is 50.2 Å². The fraction of sp³-hybridized carbons (Fsp3) is 0.238. The third-order valence-corrected chi connectivity index (χ3v) is 4.64. The van der Waals surface area contributed by atoms with Crippen molar-refractivity contribution in [3.8, 4) is 0 Å². The predicted molar refractivity (Wildman–Crippen MR) is 102 cm³/mol. The molecular formula is C21H22N4O.